The number of hydrogen-bond acceptors (Lipinski definition) is 6. The van der Waals surface area contributed by atoms with Gasteiger partial charge in [-0.3, -0.25) is 4.90 Å². The van der Waals surface area contributed by atoms with Crippen molar-refractivity contribution in [3.8, 4) is 11.5 Å². The van der Waals surface area contributed by atoms with Gasteiger partial charge in [0, 0.05) is 12.2 Å². The molecule has 8 heteroatoms. The first-order valence-corrected chi connectivity index (χ1v) is 12.3. The Balaban J connectivity index is 1.60. The summed E-state index contributed by atoms with van der Waals surface area (Å²) in [7, 11) is 4.17. The molecule has 0 aliphatic carbocycles. The van der Waals surface area contributed by atoms with Gasteiger partial charge in [-0.25, -0.2) is 0 Å². The number of thioether (sulfide) groups is 1. The van der Waals surface area contributed by atoms with Crippen LogP contribution < -0.4 is 9.47 Å². The molecule has 0 N–H and O–H groups in total. The molecule has 0 saturated carbocycles. The number of hydrogen-bond donors (Lipinski definition) is 0. The van der Waals surface area contributed by atoms with Gasteiger partial charge in [0.1, 0.15) is 0 Å². The van der Waals surface area contributed by atoms with E-state index in [-0.39, 0.29) is 6.04 Å². The van der Waals surface area contributed by atoms with Crippen molar-refractivity contribution in [1.82, 2.24) is 19.7 Å². The van der Waals surface area contributed by atoms with E-state index in [9.17, 15) is 0 Å². The average Bonchev–Trinajstić information content (AvgIpc) is 3.00. The van der Waals surface area contributed by atoms with E-state index in [1.807, 2.05) is 18.2 Å². The summed E-state index contributed by atoms with van der Waals surface area (Å²) in [5.41, 5.74) is 2.29. The zero-order chi connectivity index (χ0) is 22.5. The maximum Gasteiger partial charge on any atom is 0.191 e. The highest BCUT2D eigenvalue weighted by Gasteiger charge is 2.23. The Morgan fingerprint density at radius 3 is 2.62 bits per heavy atom. The van der Waals surface area contributed by atoms with Gasteiger partial charge in [0.25, 0.3) is 0 Å². The fourth-order valence-corrected chi connectivity index (χ4v) is 5.02. The predicted molar refractivity (Wildman–Crippen MR) is 129 cm³/mol. The Morgan fingerprint density at radius 1 is 1.09 bits per heavy atom. The van der Waals surface area contributed by atoms with Gasteiger partial charge in [-0.1, -0.05) is 60.6 Å². The monoisotopic (exact) mass is 472 g/mol. The fraction of sp³-hybridized carbons (Fsp3) is 0.417. The first-order valence-electron chi connectivity index (χ1n) is 10.9. The van der Waals surface area contributed by atoms with Crippen LogP contribution in [0.1, 0.15) is 42.8 Å². The Hall–Kier alpha value is -2.22. The Labute approximate surface area is 198 Å². The Bertz CT molecular complexity index is 1040. The first kappa shape index (κ1) is 23.0. The molecule has 32 heavy (non-hydrogen) atoms. The molecule has 6 nitrogen and oxygen atoms in total. The van der Waals surface area contributed by atoms with Crippen LogP contribution in [-0.4, -0.2) is 47.0 Å². The van der Waals surface area contributed by atoms with Crippen molar-refractivity contribution < 1.29 is 9.47 Å². The number of rotatable bonds is 8. The molecule has 0 unspecified atom stereocenters. The van der Waals surface area contributed by atoms with Crippen molar-refractivity contribution in [2.45, 2.75) is 43.3 Å². The van der Waals surface area contributed by atoms with Gasteiger partial charge in [0.05, 0.1) is 30.8 Å². The van der Waals surface area contributed by atoms with Crippen molar-refractivity contribution in [3.05, 3.63) is 64.4 Å². The summed E-state index contributed by atoms with van der Waals surface area (Å²) >= 11 is 8.15. The average molecular weight is 473 g/mol. The Morgan fingerprint density at radius 2 is 1.88 bits per heavy atom. The highest BCUT2D eigenvalue weighted by Crippen LogP contribution is 2.39. The quantitative estimate of drug-likeness (QED) is 0.406. The van der Waals surface area contributed by atoms with Crippen molar-refractivity contribution in [1.29, 1.82) is 0 Å². The minimum absolute atomic E-state index is 0.202. The van der Waals surface area contributed by atoms with E-state index in [1.54, 1.807) is 11.8 Å². The minimum atomic E-state index is 0.202. The lowest BCUT2D eigenvalue weighted by Gasteiger charge is -2.23. The third kappa shape index (κ3) is 5.22. The van der Waals surface area contributed by atoms with Gasteiger partial charge in [-0.05, 0) is 43.8 Å². The van der Waals surface area contributed by atoms with Crippen molar-refractivity contribution in [3.63, 3.8) is 0 Å². The molecule has 0 spiro atoms. The molecule has 0 saturated heterocycles. The van der Waals surface area contributed by atoms with Crippen LogP contribution in [-0.2, 0) is 12.3 Å². The number of nitrogens with zero attached hydrogens (tertiary/aromatic N) is 4. The van der Waals surface area contributed by atoms with E-state index < -0.39 is 0 Å². The van der Waals surface area contributed by atoms with Crippen molar-refractivity contribution in [2.75, 3.05) is 27.3 Å². The van der Waals surface area contributed by atoms with Crippen LogP contribution in [0, 0.1) is 0 Å². The molecule has 0 fully saturated rings. The third-order valence-electron chi connectivity index (χ3n) is 5.47. The SMILES string of the molecule is CC[C@@H](c1nnc(SCc2cc(Cl)c3c(c2)OCCCO3)n1Cc1ccccc1)N(C)C. The fourth-order valence-electron chi connectivity index (χ4n) is 3.86. The summed E-state index contributed by atoms with van der Waals surface area (Å²) in [6.45, 7) is 4.17. The standard InChI is InChI=1S/C24H29ClN4O2S/c1-4-20(28(2)3)23-26-27-24(29(23)15-17-9-6-5-7-10-17)32-16-18-13-19(25)22-21(14-18)30-11-8-12-31-22/h5-7,9-10,13-14,20H,4,8,11-12,15-16H2,1-3H3/t20-/m0/s1. The zero-order valence-corrected chi connectivity index (χ0v) is 20.3. The lowest BCUT2D eigenvalue weighted by Crippen LogP contribution is -2.23. The number of halogens is 1. The summed E-state index contributed by atoms with van der Waals surface area (Å²) in [4.78, 5) is 2.20. The molecule has 1 atom stereocenters. The van der Waals surface area contributed by atoms with E-state index in [0.29, 0.717) is 29.7 Å². The third-order valence-corrected chi connectivity index (χ3v) is 6.79. The molecule has 1 aliphatic heterocycles. The molecule has 3 aromatic rings. The molecular formula is C24H29ClN4O2S. The Kier molecular flexibility index (Phi) is 7.60. The number of benzene rings is 2. The van der Waals surface area contributed by atoms with Crippen LogP contribution >= 0.6 is 23.4 Å². The highest BCUT2D eigenvalue weighted by atomic mass is 35.5. The molecule has 2 aromatic carbocycles. The number of fused-ring (bicyclic) bond motifs is 1. The summed E-state index contributed by atoms with van der Waals surface area (Å²) in [6, 6.07) is 14.6. The van der Waals surface area contributed by atoms with Gasteiger partial charge >= 0.3 is 0 Å². The molecule has 170 valence electrons. The van der Waals surface area contributed by atoms with Gasteiger partial charge in [0.15, 0.2) is 22.5 Å². The largest absolute Gasteiger partial charge is 0.489 e. The van der Waals surface area contributed by atoms with E-state index in [4.69, 9.17) is 21.1 Å². The second-order valence-corrected chi connectivity index (χ2v) is 9.39. The molecule has 4 rings (SSSR count). The van der Waals surface area contributed by atoms with Crippen LogP contribution in [0.25, 0.3) is 0 Å². The van der Waals surface area contributed by atoms with Crippen LogP contribution in [0.2, 0.25) is 5.02 Å². The van der Waals surface area contributed by atoms with E-state index >= 15 is 0 Å². The lowest BCUT2D eigenvalue weighted by molar-refractivity contribution is 0.272. The maximum atomic E-state index is 6.49. The summed E-state index contributed by atoms with van der Waals surface area (Å²) in [5.74, 6) is 3.06. The second kappa shape index (κ2) is 10.6. The normalized spacial score (nSPS) is 14.4. The minimum Gasteiger partial charge on any atom is -0.489 e. The van der Waals surface area contributed by atoms with Crippen LogP contribution in [0.5, 0.6) is 11.5 Å². The molecular weight excluding hydrogens is 444 g/mol. The zero-order valence-electron chi connectivity index (χ0n) is 18.8. The van der Waals surface area contributed by atoms with Crippen LogP contribution in [0.3, 0.4) is 0 Å². The van der Waals surface area contributed by atoms with Crippen LogP contribution in [0.15, 0.2) is 47.6 Å². The van der Waals surface area contributed by atoms with Gasteiger partial charge in [0.2, 0.25) is 0 Å². The highest BCUT2D eigenvalue weighted by molar-refractivity contribution is 7.98. The molecule has 1 aromatic heterocycles. The molecule has 0 radical (unpaired) electrons. The molecule has 0 bridgehead atoms. The van der Waals surface area contributed by atoms with E-state index in [0.717, 1.165) is 41.7 Å². The summed E-state index contributed by atoms with van der Waals surface area (Å²) < 4.78 is 13.8. The second-order valence-electron chi connectivity index (χ2n) is 8.04. The summed E-state index contributed by atoms with van der Waals surface area (Å²) in [5, 5.41) is 10.6. The topological polar surface area (TPSA) is 52.4 Å². The summed E-state index contributed by atoms with van der Waals surface area (Å²) in [6.07, 6.45) is 1.81. The van der Waals surface area contributed by atoms with Gasteiger partial charge in [-0.2, -0.15) is 0 Å². The molecule has 2 heterocycles. The lowest BCUT2D eigenvalue weighted by atomic mass is 10.2. The van der Waals surface area contributed by atoms with Crippen LogP contribution in [0.4, 0.5) is 0 Å². The van der Waals surface area contributed by atoms with E-state index in [2.05, 4.69) is 64.9 Å². The number of ether oxygens (including phenoxy) is 2. The van der Waals surface area contributed by atoms with E-state index in [1.165, 1.54) is 5.56 Å². The van der Waals surface area contributed by atoms with Gasteiger partial charge in [-0.15, -0.1) is 10.2 Å². The van der Waals surface area contributed by atoms with Crippen molar-refractivity contribution >= 4 is 23.4 Å². The number of aromatic nitrogens is 3. The smallest absolute Gasteiger partial charge is 0.191 e. The first-order chi connectivity index (χ1) is 15.6. The molecule has 1 aliphatic rings. The maximum absolute atomic E-state index is 6.49. The van der Waals surface area contributed by atoms with Gasteiger partial charge < -0.3 is 14.0 Å². The van der Waals surface area contributed by atoms with Crippen molar-refractivity contribution in [2.24, 2.45) is 0 Å². The predicted octanol–water partition coefficient (Wildman–Crippen LogP) is 5.45. The molecule has 0 amide bonds.